The van der Waals surface area contributed by atoms with Gasteiger partial charge in [-0.25, -0.2) is 0 Å². The average Bonchev–Trinajstić information content (AvgIpc) is 2.45. The molecule has 6 heteroatoms. The van der Waals surface area contributed by atoms with Crippen molar-refractivity contribution in [3.63, 3.8) is 0 Å². The van der Waals surface area contributed by atoms with Crippen LogP contribution >= 0.6 is 23.2 Å². The summed E-state index contributed by atoms with van der Waals surface area (Å²) >= 11 is 12.1. The van der Waals surface area contributed by atoms with Gasteiger partial charge in [0.25, 0.3) is 5.91 Å². The number of amides is 1. The second-order valence-corrected chi connectivity index (χ2v) is 6.00. The van der Waals surface area contributed by atoms with E-state index in [2.05, 4.69) is 4.98 Å². The lowest BCUT2D eigenvalue weighted by Crippen LogP contribution is -2.33. The van der Waals surface area contributed by atoms with Crippen molar-refractivity contribution in [1.29, 1.82) is 0 Å². The van der Waals surface area contributed by atoms with Gasteiger partial charge >= 0.3 is 0 Å². The van der Waals surface area contributed by atoms with Crippen molar-refractivity contribution < 1.29 is 4.79 Å². The molecule has 0 radical (unpaired) electrons. The predicted molar refractivity (Wildman–Crippen MR) is 88.8 cm³/mol. The summed E-state index contributed by atoms with van der Waals surface area (Å²) in [6.07, 6.45) is 1.44. The van der Waals surface area contributed by atoms with E-state index in [1.54, 1.807) is 32.2 Å². The Balaban J connectivity index is 2.32. The quantitative estimate of drug-likeness (QED) is 0.924. The molecule has 1 atom stereocenters. The summed E-state index contributed by atoms with van der Waals surface area (Å²) in [5, 5.41) is 1.02. The zero-order valence-corrected chi connectivity index (χ0v) is 14.0. The fraction of sp³-hybridized carbons (Fsp3) is 0.250. The Bertz CT molecular complexity index is 771. The number of hydrogen-bond donors (Lipinski definition) is 1. The maximum Gasteiger partial charge on any atom is 0.259 e. The molecule has 0 aliphatic heterocycles. The van der Waals surface area contributed by atoms with Gasteiger partial charge in [0.15, 0.2) is 5.43 Å². The van der Waals surface area contributed by atoms with Crippen LogP contribution in [-0.4, -0.2) is 22.8 Å². The molecular formula is C16H16Cl2N2O2. The van der Waals surface area contributed by atoms with Gasteiger partial charge in [0.2, 0.25) is 0 Å². The molecule has 2 rings (SSSR count). The van der Waals surface area contributed by atoms with Crippen LogP contribution in [0.1, 0.15) is 34.6 Å². The van der Waals surface area contributed by atoms with Gasteiger partial charge in [-0.2, -0.15) is 0 Å². The number of nitrogens with one attached hydrogen (secondary N) is 1. The number of carbonyl (C=O) groups excluding carboxylic acids is 1. The number of rotatable bonds is 3. The molecule has 1 aromatic carbocycles. The minimum Gasteiger partial charge on any atom is -0.364 e. The summed E-state index contributed by atoms with van der Waals surface area (Å²) in [6, 6.07) is 6.24. The molecule has 1 aromatic heterocycles. The van der Waals surface area contributed by atoms with E-state index in [-0.39, 0.29) is 22.9 Å². The average molecular weight is 339 g/mol. The van der Waals surface area contributed by atoms with Gasteiger partial charge < -0.3 is 9.88 Å². The summed E-state index contributed by atoms with van der Waals surface area (Å²) in [4.78, 5) is 28.8. The molecule has 0 aliphatic carbocycles. The van der Waals surface area contributed by atoms with Crippen molar-refractivity contribution in [2.24, 2.45) is 0 Å². The summed E-state index contributed by atoms with van der Waals surface area (Å²) in [5.74, 6) is -0.361. The van der Waals surface area contributed by atoms with Crippen molar-refractivity contribution in [2.45, 2.75) is 19.9 Å². The number of aromatic amines is 1. The van der Waals surface area contributed by atoms with Crippen LogP contribution in [0.5, 0.6) is 0 Å². The van der Waals surface area contributed by atoms with Crippen molar-refractivity contribution in [3.05, 3.63) is 67.6 Å². The van der Waals surface area contributed by atoms with Crippen LogP contribution in [0.25, 0.3) is 0 Å². The SMILES string of the molecule is Cc1cc(=O)c(C(=O)N(C)C(C)c2ccc(Cl)cc2Cl)c[nH]1. The highest BCUT2D eigenvalue weighted by Crippen LogP contribution is 2.29. The van der Waals surface area contributed by atoms with Crippen molar-refractivity contribution in [2.75, 3.05) is 7.05 Å². The Morgan fingerprint density at radius 2 is 1.95 bits per heavy atom. The lowest BCUT2D eigenvalue weighted by molar-refractivity contribution is 0.0741. The number of pyridine rings is 1. The highest BCUT2D eigenvalue weighted by Gasteiger charge is 2.22. The molecule has 0 spiro atoms. The molecule has 116 valence electrons. The van der Waals surface area contributed by atoms with E-state index >= 15 is 0 Å². The molecule has 0 saturated heterocycles. The van der Waals surface area contributed by atoms with E-state index in [1.807, 2.05) is 6.92 Å². The highest BCUT2D eigenvalue weighted by molar-refractivity contribution is 6.35. The van der Waals surface area contributed by atoms with E-state index < -0.39 is 0 Å². The molecular weight excluding hydrogens is 323 g/mol. The second-order valence-electron chi connectivity index (χ2n) is 5.15. The molecule has 4 nitrogen and oxygen atoms in total. The van der Waals surface area contributed by atoms with Crippen LogP contribution < -0.4 is 5.43 Å². The van der Waals surface area contributed by atoms with Crippen LogP contribution in [0, 0.1) is 6.92 Å². The maximum atomic E-state index is 12.5. The van der Waals surface area contributed by atoms with Gasteiger partial charge in [-0.3, -0.25) is 9.59 Å². The Hall–Kier alpha value is -1.78. The van der Waals surface area contributed by atoms with Crippen LogP contribution in [0.4, 0.5) is 0 Å². The second kappa shape index (κ2) is 6.55. The Morgan fingerprint density at radius 1 is 1.27 bits per heavy atom. The molecule has 1 amide bonds. The normalized spacial score (nSPS) is 12.0. The number of carbonyl (C=O) groups is 1. The summed E-state index contributed by atoms with van der Waals surface area (Å²) in [7, 11) is 1.64. The summed E-state index contributed by atoms with van der Waals surface area (Å²) in [5.41, 5.74) is 1.27. The highest BCUT2D eigenvalue weighted by atomic mass is 35.5. The first-order valence-electron chi connectivity index (χ1n) is 6.72. The van der Waals surface area contributed by atoms with Crippen molar-refractivity contribution in [3.8, 4) is 0 Å². The van der Waals surface area contributed by atoms with Gasteiger partial charge in [-0.1, -0.05) is 29.3 Å². The third-order valence-electron chi connectivity index (χ3n) is 3.60. The van der Waals surface area contributed by atoms with Crippen LogP contribution in [0.15, 0.2) is 35.3 Å². The van der Waals surface area contributed by atoms with E-state index in [1.165, 1.54) is 17.2 Å². The fourth-order valence-electron chi connectivity index (χ4n) is 2.16. The number of hydrogen-bond acceptors (Lipinski definition) is 2. The van der Waals surface area contributed by atoms with E-state index in [0.29, 0.717) is 15.7 Å². The first-order chi connectivity index (χ1) is 10.3. The number of aryl methyl sites for hydroxylation is 1. The zero-order chi connectivity index (χ0) is 16.4. The third-order valence-corrected chi connectivity index (χ3v) is 4.16. The lowest BCUT2D eigenvalue weighted by atomic mass is 10.1. The Morgan fingerprint density at radius 3 is 2.55 bits per heavy atom. The Labute approximate surface area is 138 Å². The third kappa shape index (κ3) is 3.34. The van der Waals surface area contributed by atoms with Gasteiger partial charge in [-0.15, -0.1) is 0 Å². The van der Waals surface area contributed by atoms with E-state index in [9.17, 15) is 9.59 Å². The standard InChI is InChI=1S/C16H16Cl2N2O2/c1-9-6-15(21)13(8-19-9)16(22)20(3)10(2)12-5-4-11(17)7-14(12)18/h4-8,10H,1-3H3,(H,19,21). The molecule has 22 heavy (non-hydrogen) atoms. The van der Waals surface area contributed by atoms with E-state index in [4.69, 9.17) is 23.2 Å². The van der Waals surface area contributed by atoms with Gasteiger partial charge in [0.05, 0.1) is 6.04 Å². The van der Waals surface area contributed by atoms with Gasteiger partial charge in [0, 0.05) is 35.1 Å². The molecule has 0 aliphatic rings. The van der Waals surface area contributed by atoms with Crippen molar-refractivity contribution in [1.82, 2.24) is 9.88 Å². The first-order valence-corrected chi connectivity index (χ1v) is 7.48. The topological polar surface area (TPSA) is 53.2 Å². The Kier molecular flexibility index (Phi) is 4.94. The molecule has 1 heterocycles. The largest absolute Gasteiger partial charge is 0.364 e. The molecule has 2 aromatic rings. The van der Waals surface area contributed by atoms with Crippen molar-refractivity contribution >= 4 is 29.1 Å². The predicted octanol–water partition coefficient (Wildman–Crippen LogP) is 3.82. The van der Waals surface area contributed by atoms with Crippen LogP contribution in [-0.2, 0) is 0 Å². The number of nitrogens with zero attached hydrogens (tertiary/aromatic N) is 1. The first kappa shape index (κ1) is 16.6. The summed E-state index contributed by atoms with van der Waals surface area (Å²) in [6.45, 7) is 3.60. The lowest BCUT2D eigenvalue weighted by Gasteiger charge is -2.26. The fourth-order valence-corrected chi connectivity index (χ4v) is 2.72. The monoisotopic (exact) mass is 338 g/mol. The zero-order valence-electron chi connectivity index (χ0n) is 12.5. The molecule has 1 unspecified atom stereocenters. The van der Waals surface area contributed by atoms with E-state index in [0.717, 1.165) is 5.56 Å². The van der Waals surface area contributed by atoms with Gasteiger partial charge in [0.1, 0.15) is 5.56 Å². The number of benzene rings is 1. The molecule has 0 saturated carbocycles. The van der Waals surface area contributed by atoms with Crippen LogP contribution in [0.3, 0.4) is 0 Å². The smallest absolute Gasteiger partial charge is 0.259 e. The maximum absolute atomic E-state index is 12.5. The van der Waals surface area contributed by atoms with Gasteiger partial charge in [-0.05, 0) is 31.5 Å². The van der Waals surface area contributed by atoms with Crippen LogP contribution in [0.2, 0.25) is 10.0 Å². The number of halogens is 2. The number of aromatic nitrogens is 1. The molecule has 0 bridgehead atoms. The minimum absolute atomic E-state index is 0.102. The molecule has 1 N–H and O–H groups in total. The molecule has 0 fully saturated rings. The summed E-state index contributed by atoms with van der Waals surface area (Å²) < 4.78 is 0. The minimum atomic E-state index is -0.361. The number of H-pyrrole nitrogens is 1.